The number of aromatic nitrogens is 1. The molecule has 0 amide bonds. The molecule has 1 heterocycles. The number of aromatic carboxylic acids is 1. The van der Waals surface area contributed by atoms with Gasteiger partial charge in [-0.2, -0.15) is 0 Å². The van der Waals surface area contributed by atoms with E-state index in [0.29, 0.717) is 11.3 Å². The molecule has 0 aliphatic rings. The molecule has 4 nitrogen and oxygen atoms in total. The highest BCUT2D eigenvalue weighted by Crippen LogP contribution is 2.30. The third-order valence-corrected chi connectivity index (χ3v) is 5.52. The summed E-state index contributed by atoms with van der Waals surface area (Å²) in [6.07, 6.45) is 0. The third kappa shape index (κ3) is 3.77. The van der Waals surface area contributed by atoms with Crippen LogP contribution in [0.1, 0.15) is 15.4 Å². The Kier molecular flexibility index (Phi) is 5.17. The topological polar surface area (TPSA) is 59.4 Å². The van der Waals surface area contributed by atoms with Gasteiger partial charge in [0.2, 0.25) is 0 Å². The minimum Gasteiger partial charge on any atom is -0.497 e. The van der Waals surface area contributed by atoms with E-state index in [4.69, 9.17) is 4.74 Å². The smallest absolute Gasteiger partial charge is 0.336 e. The predicted molar refractivity (Wildman–Crippen MR) is 97.1 cm³/mol. The molecule has 2 aromatic carbocycles. The Bertz CT molecular complexity index is 843. The average Bonchev–Trinajstić information content (AvgIpc) is 3.09. The van der Waals surface area contributed by atoms with Crippen molar-refractivity contribution in [1.29, 1.82) is 0 Å². The molecular formula is C18H15NO3S2. The van der Waals surface area contributed by atoms with E-state index in [1.807, 2.05) is 41.8 Å². The predicted octanol–water partition coefficient (Wildman–Crippen LogP) is 4.81. The molecule has 122 valence electrons. The first-order chi connectivity index (χ1) is 11.7. The van der Waals surface area contributed by atoms with Crippen LogP contribution in [0.4, 0.5) is 0 Å². The molecule has 0 unspecified atom stereocenters. The van der Waals surface area contributed by atoms with Crippen LogP contribution in [0, 0.1) is 0 Å². The zero-order valence-electron chi connectivity index (χ0n) is 12.9. The second-order valence-corrected chi connectivity index (χ2v) is 6.90. The van der Waals surface area contributed by atoms with Crippen LogP contribution in [-0.2, 0) is 5.75 Å². The number of methoxy groups -OCH3 is 1. The van der Waals surface area contributed by atoms with Gasteiger partial charge in [-0.25, -0.2) is 9.78 Å². The normalized spacial score (nSPS) is 10.5. The molecule has 0 radical (unpaired) electrons. The Labute approximate surface area is 148 Å². The van der Waals surface area contributed by atoms with Crippen LogP contribution in [-0.4, -0.2) is 23.2 Å². The van der Waals surface area contributed by atoms with Gasteiger partial charge >= 0.3 is 5.97 Å². The Morgan fingerprint density at radius 2 is 1.96 bits per heavy atom. The molecule has 0 saturated heterocycles. The minimum absolute atomic E-state index is 0.328. The Morgan fingerprint density at radius 1 is 1.21 bits per heavy atom. The summed E-state index contributed by atoms with van der Waals surface area (Å²) < 4.78 is 5.16. The van der Waals surface area contributed by atoms with E-state index < -0.39 is 5.97 Å². The fourth-order valence-electron chi connectivity index (χ4n) is 2.18. The van der Waals surface area contributed by atoms with Crippen molar-refractivity contribution >= 4 is 29.1 Å². The summed E-state index contributed by atoms with van der Waals surface area (Å²) in [5.74, 6) is 0.552. The van der Waals surface area contributed by atoms with Gasteiger partial charge in [-0.3, -0.25) is 0 Å². The van der Waals surface area contributed by atoms with Gasteiger partial charge in [0.05, 0.1) is 24.1 Å². The van der Waals surface area contributed by atoms with Gasteiger partial charge in [0, 0.05) is 15.8 Å². The van der Waals surface area contributed by atoms with E-state index in [-0.39, 0.29) is 0 Å². The summed E-state index contributed by atoms with van der Waals surface area (Å²) in [5.41, 5.74) is 2.29. The molecule has 0 bridgehead atoms. The van der Waals surface area contributed by atoms with Gasteiger partial charge in [-0.15, -0.1) is 23.1 Å². The first-order valence-electron chi connectivity index (χ1n) is 7.21. The molecule has 3 aromatic rings. The van der Waals surface area contributed by atoms with Crippen molar-refractivity contribution in [3.05, 3.63) is 64.5 Å². The van der Waals surface area contributed by atoms with Gasteiger partial charge < -0.3 is 9.84 Å². The van der Waals surface area contributed by atoms with Gasteiger partial charge in [0.1, 0.15) is 10.8 Å². The molecule has 0 spiro atoms. The summed E-state index contributed by atoms with van der Waals surface area (Å²) >= 11 is 3.07. The second-order valence-electron chi connectivity index (χ2n) is 4.94. The average molecular weight is 357 g/mol. The van der Waals surface area contributed by atoms with Crippen molar-refractivity contribution in [2.75, 3.05) is 7.11 Å². The van der Waals surface area contributed by atoms with Crippen LogP contribution in [0.3, 0.4) is 0 Å². The van der Waals surface area contributed by atoms with Gasteiger partial charge in [-0.1, -0.05) is 12.1 Å². The maximum absolute atomic E-state index is 11.2. The molecule has 0 saturated carbocycles. The Balaban J connectivity index is 1.71. The Morgan fingerprint density at radius 3 is 2.67 bits per heavy atom. The summed E-state index contributed by atoms with van der Waals surface area (Å²) in [4.78, 5) is 16.6. The lowest BCUT2D eigenvalue weighted by Gasteiger charge is -2.03. The van der Waals surface area contributed by atoms with Crippen LogP contribution in [0.15, 0.2) is 58.8 Å². The SMILES string of the molecule is COc1ccc(-c2csc(CSc3ccccc3C(=O)O)n2)cc1. The first kappa shape index (κ1) is 16.5. The lowest BCUT2D eigenvalue weighted by atomic mass is 10.2. The molecular weight excluding hydrogens is 342 g/mol. The fraction of sp³-hybridized carbons (Fsp3) is 0.111. The van der Waals surface area contributed by atoms with E-state index in [9.17, 15) is 9.90 Å². The quantitative estimate of drug-likeness (QED) is 0.642. The van der Waals surface area contributed by atoms with Crippen molar-refractivity contribution in [1.82, 2.24) is 4.98 Å². The number of hydrogen-bond acceptors (Lipinski definition) is 5. The fourth-order valence-corrected chi connectivity index (χ4v) is 4.05. The van der Waals surface area contributed by atoms with E-state index in [0.717, 1.165) is 26.9 Å². The highest BCUT2D eigenvalue weighted by Gasteiger charge is 2.11. The van der Waals surface area contributed by atoms with Crippen LogP contribution >= 0.6 is 23.1 Å². The maximum atomic E-state index is 11.2. The molecule has 0 aliphatic carbocycles. The van der Waals surface area contributed by atoms with Crippen molar-refractivity contribution in [3.63, 3.8) is 0 Å². The number of carboxylic acid groups (broad SMARTS) is 1. The number of nitrogens with zero attached hydrogens (tertiary/aromatic N) is 1. The number of benzene rings is 2. The zero-order valence-corrected chi connectivity index (χ0v) is 14.6. The third-order valence-electron chi connectivity index (χ3n) is 3.41. The van der Waals surface area contributed by atoms with Gasteiger partial charge in [0.15, 0.2) is 0 Å². The minimum atomic E-state index is -0.906. The van der Waals surface area contributed by atoms with E-state index in [1.165, 1.54) is 11.8 Å². The summed E-state index contributed by atoms with van der Waals surface area (Å²) in [5, 5.41) is 12.2. The molecule has 1 aromatic heterocycles. The maximum Gasteiger partial charge on any atom is 0.336 e. The lowest BCUT2D eigenvalue weighted by Crippen LogP contribution is -1.98. The molecule has 0 fully saturated rings. The summed E-state index contributed by atoms with van der Waals surface area (Å²) in [6, 6.07) is 14.8. The van der Waals surface area contributed by atoms with Crippen LogP contribution in [0.5, 0.6) is 5.75 Å². The number of carbonyl (C=O) groups is 1. The zero-order chi connectivity index (χ0) is 16.9. The van der Waals surface area contributed by atoms with Gasteiger partial charge in [-0.05, 0) is 36.4 Å². The molecule has 24 heavy (non-hydrogen) atoms. The van der Waals surface area contributed by atoms with E-state index in [2.05, 4.69) is 4.98 Å². The van der Waals surface area contributed by atoms with Crippen LogP contribution in [0.2, 0.25) is 0 Å². The number of thioether (sulfide) groups is 1. The molecule has 0 aliphatic heterocycles. The van der Waals surface area contributed by atoms with Crippen LogP contribution < -0.4 is 4.74 Å². The summed E-state index contributed by atoms with van der Waals surface area (Å²) in [7, 11) is 1.64. The molecule has 3 rings (SSSR count). The molecule has 6 heteroatoms. The monoisotopic (exact) mass is 357 g/mol. The molecule has 1 N–H and O–H groups in total. The first-order valence-corrected chi connectivity index (χ1v) is 9.08. The number of hydrogen-bond donors (Lipinski definition) is 1. The standard InChI is InChI=1S/C18H15NO3S2/c1-22-13-8-6-12(7-9-13)15-10-24-17(19-15)11-23-16-5-3-2-4-14(16)18(20)21/h2-10H,11H2,1H3,(H,20,21). The molecule has 0 atom stereocenters. The van der Waals surface area contributed by atoms with Crippen molar-refractivity contribution < 1.29 is 14.6 Å². The van der Waals surface area contributed by atoms with Crippen LogP contribution in [0.25, 0.3) is 11.3 Å². The van der Waals surface area contributed by atoms with Gasteiger partial charge in [0.25, 0.3) is 0 Å². The largest absolute Gasteiger partial charge is 0.497 e. The van der Waals surface area contributed by atoms with E-state index in [1.54, 1.807) is 30.6 Å². The van der Waals surface area contributed by atoms with E-state index >= 15 is 0 Å². The highest BCUT2D eigenvalue weighted by atomic mass is 32.2. The Hall–Kier alpha value is -2.31. The number of thiazole rings is 1. The number of carboxylic acids is 1. The van der Waals surface area contributed by atoms with Crippen molar-refractivity contribution in [3.8, 4) is 17.0 Å². The van der Waals surface area contributed by atoms with Crippen molar-refractivity contribution in [2.24, 2.45) is 0 Å². The number of ether oxygens (including phenoxy) is 1. The number of rotatable bonds is 6. The summed E-state index contributed by atoms with van der Waals surface area (Å²) in [6.45, 7) is 0. The highest BCUT2D eigenvalue weighted by molar-refractivity contribution is 7.98. The lowest BCUT2D eigenvalue weighted by molar-refractivity contribution is 0.0693. The van der Waals surface area contributed by atoms with Crippen molar-refractivity contribution in [2.45, 2.75) is 10.6 Å². The second kappa shape index (κ2) is 7.51.